The van der Waals surface area contributed by atoms with E-state index in [-0.39, 0.29) is 22.3 Å². The van der Waals surface area contributed by atoms with Crippen LogP contribution in [-0.4, -0.2) is 54.8 Å². The van der Waals surface area contributed by atoms with Crippen LogP contribution in [-0.2, 0) is 26.6 Å². The van der Waals surface area contributed by atoms with Crippen LogP contribution in [0.5, 0.6) is 0 Å². The van der Waals surface area contributed by atoms with Crippen LogP contribution in [0.25, 0.3) is 0 Å². The maximum Gasteiger partial charge on any atom is 0.338 e. The molecule has 2 amide bonds. The Morgan fingerprint density at radius 1 is 1.06 bits per heavy atom. The number of rotatable bonds is 6. The lowest BCUT2D eigenvalue weighted by Crippen LogP contribution is -2.42. The van der Waals surface area contributed by atoms with Crippen LogP contribution in [0.2, 0.25) is 0 Å². The minimum atomic E-state index is -3.66. The third-order valence-electron chi connectivity index (χ3n) is 5.33. The fourth-order valence-corrected chi connectivity index (χ4v) is 5.53. The van der Waals surface area contributed by atoms with Crippen molar-refractivity contribution in [2.45, 2.75) is 25.2 Å². The van der Waals surface area contributed by atoms with Crippen molar-refractivity contribution in [3.05, 3.63) is 53.9 Å². The Hall–Kier alpha value is -2.98. The highest BCUT2D eigenvalue weighted by Crippen LogP contribution is 2.26. The standard InChI is InChI=1S/C22H27N3O6S/c1-15-11-16(2)13-25(12-15)32(29,30)18-8-6-17(7-9-18)22(28)31-14-20(26)23-21(27)19-5-4-10-24(19)3/h4-10,15-16H,11-14H2,1-3H3,(H,23,26,27)/t15-,16-/m1/s1. The first-order chi connectivity index (χ1) is 15.1. The van der Waals surface area contributed by atoms with E-state index in [9.17, 15) is 22.8 Å². The van der Waals surface area contributed by atoms with Crippen LogP contribution >= 0.6 is 0 Å². The molecule has 1 N–H and O–H groups in total. The lowest BCUT2D eigenvalue weighted by atomic mass is 9.94. The van der Waals surface area contributed by atoms with E-state index in [1.54, 1.807) is 29.9 Å². The van der Waals surface area contributed by atoms with Crippen molar-refractivity contribution in [1.29, 1.82) is 0 Å². The summed E-state index contributed by atoms with van der Waals surface area (Å²) in [4.78, 5) is 36.2. The average Bonchev–Trinajstić information content (AvgIpc) is 3.17. The number of piperidine rings is 1. The second kappa shape index (κ2) is 9.66. The zero-order chi connectivity index (χ0) is 23.5. The van der Waals surface area contributed by atoms with Crippen molar-refractivity contribution >= 4 is 27.8 Å². The van der Waals surface area contributed by atoms with Gasteiger partial charge in [-0.1, -0.05) is 13.8 Å². The number of carbonyl (C=O) groups excluding carboxylic acids is 3. The number of aromatic nitrogens is 1. The van der Waals surface area contributed by atoms with E-state index in [0.717, 1.165) is 6.42 Å². The molecule has 2 aromatic rings. The van der Waals surface area contributed by atoms with Crippen molar-refractivity contribution in [1.82, 2.24) is 14.2 Å². The number of ether oxygens (including phenoxy) is 1. The predicted octanol–water partition coefficient (Wildman–Crippen LogP) is 1.81. The summed E-state index contributed by atoms with van der Waals surface area (Å²) in [6, 6.07) is 8.62. The van der Waals surface area contributed by atoms with Crippen LogP contribution < -0.4 is 5.32 Å². The highest BCUT2D eigenvalue weighted by Gasteiger charge is 2.31. The van der Waals surface area contributed by atoms with Gasteiger partial charge in [-0.05, 0) is 54.7 Å². The average molecular weight is 462 g/mol. The van der Waals surface area contributed by atoms with Crippen molar-refractivity contribution < 1.29 is 27.5 Å². The molecule has 0 radical (unpaired) electrons. The van der Waals surface area contributed by atoms with Gasteiger partial charge in [-0.2, -0.15) is 4.31 Å². The van der Waals surface area contributed by atoms with E-state index in [2.05, 4.69) is 5.32 Å². The van der Waals surface area contributed by atoms with Crippen LogP contribution in [0, 0.1) is 11.8 Å². The summed E-state index contributed by atoms with van der Waals surface area (Å²) in [6.07, 6.45) is 2.65. The molecule has 0 bridgehead atoms. The molecular weight excluding hydrogens is 434 g/mol. The summed E-state index contributed by atoms with van der Waals surface area (Å²) in [6.45, 7) is 4.35. The first-order valence-electron chi connectivity index (χ1n) is 10.3. The Morgan fingerprint density at radius 2 is 1.69 bits per heavy atom. The van der Waals surface area contributed by atoms with Crippen LogP contribution in [0.3, 0.4) is 0 Å². The molecule has 0 unspecified atom stereocenters. The number of amides is 2. The molecule has 2 heterocycles. The fourth-order valence-electron chi connectivity index (χ4n) is 3.85. The molecule has 1 aromatic carbocycles. The summed E-state index contributed by atoms with van der Waals surface area (Å²) < 4.78 is 33.8. The van der Waals surface area contributed by atoms with Gasteiger partial charge in [-0.3, -0.25) is 14.9 Å². The summed E-state index contributed by atoms with van der Waals surface area (Å²) in [5.41, 5.74) is 0.393. The number of carbonyl (C=O) groups is 3. The fraction of sp³-hybridized carbons (Fsp3) is 0.409. The maximum absolute atomic E-state index is 12.9. The number of hydrogen-bond donors (Lipinski definition) is 1. The second-order valence-corrected chi connectivity index (χ2v) is 10.2. The normalized spacial score (nSPS) is 19.3. The third kappa shape index (κ3) is 5.43. The van der Waals surface area contributed by atoms with Crippen LogP contribution in [0.4, 0.5) is 0 Å². The number of esters is 1. The third-order valence-corrected chi connectivity index (χ3v) is 7.17. The van der Waals surface area contributed by atoms with E-state index in [1.165, 1.54) is 28.6 Å². The quantitative estimate of drug-likeness (QED) is 0.656. The number of aryl methyl sites for hydroxylation is 1. The molecule has 0 aliphatic carbocycles. The Balaban J connectivity index is 1.57. The first kappa shape index (κ1) is 23.7. The van der Waals surface area contributed by atoms with Crippen molar-refractivity contribution in [3.8, 4) is 0 Å². The molecule has 1 aromatic heterocycles. The van der Waals surface area contributed by atoms with Crippen LogP contribution in [0.15, 0.2) is 47.5 Å². The SMILES string of the molecule is C[C@@H]1C[C@@H](C)CN(S(=O)(=O)c2ccc(C(=O)OCC(=O)NC(=O)c3cccn3C)cc2)C1. The largest absolute Gasteiger partial charge is 0.452 e. The molecule has 0 spiro atoms. The maximum atomic E-state index is 12.9. The van der Waals surface area contributed by atoms with Gasteiger partial charge in [-0.15, -0.1) is 0 Å². The van der Waals surface area contributed by atoms with E-state index in [1.807, 2.05) is 13.8 Å². The van der Waals surface area contributed by atoms with Gasteiger partial charge in [0.05, 0.1) is 10.5 Å². The molecule has 1 aliphatic heterocycles. The van der Waals surface area contributed by atoms with Crippen molar-refractivity contribution in [2.24, 2.45) is 18.9 Å². The van der Waals surface area contributed by atoms with Gasteiger partial charge in [0.2, 0.25) is 10.0 Å². The van der Waals surface area contributed by atoms with Gasteiger partial charge in [0.1, 0.15) is 5.69 Å². The summed E-state index contributed by atoms with van der Waals surface area (Å²) in [7, 11) is -1.99. The topological polar surface area (TPSA) is 115 Å². The van der Waals surface area contributed by atoms with Gasteiger partial charge < -0.3 is 9.30 Å². The molecule has 3 rings (SSSR count). The molecule has 1 saturated heterocycles. The number of nitrogens with zero attached hydrogens (tertiary/aromatic N) is 2. The lowest BCUT2D eigenvalue weighted by Gasteiger charge is -2.34. The molecule has 0 saturated carbocycles. The molecule has 172 valence electrons. The van der Waals surface area contributed by atoms with Crippen LogP contribution in [0.1, 0.15) is 41.1 Å². The van der Waals surface area contributed by atoms with E-state index >= 15 is 0 Å². The van der Waals surface area contributed by atoms with Gasteiger partial charge in [0, 0.05) is 26.3 Å². The number of sulfonamides is 1. The number of imide groups is 1. The Bertz CT molecular complexity index is 1100. The molecular formula is C22H27N3O6S. The highest BCUT2D eigenvalue weighted by molar-refractivity contribution is 7.89. The Labute approximate surface area is 187 Å². The van der Waals surface area contributed by atoms with Gasteiger partial charge in [-0.25, -0.2) is 13.2 Å². The predicted molar refractivity (Wildman–Crippen MR) is 116 cm³/mol. The summed E-state index contributed by atoms with van der Waals surface area (Å²) in [5.74, 6) is -1.60. The zero-order valence-corrected chi connectivity index (χ0v) is 19.1. The monoisotopic (exact) mass is 461 g/mol. The highest BCUT2D eigenvalue weighted by atomic mass is 32.2. The summed E-state index contributed by atoms with van der Waals surface area (Å²) >= 11 is 0. The smallest absolute Gasteiger partial charge is 0.338 e. The van der Waals surface area contributed by atoms with E-state index < -0.39 is 34.4 Å². The zero-order valence-electron chi connectivity index (χ0n) is 18.3. The Morgan fingerprint density at radius 3 is 2.25 bits per heavy atom. The number of nitrogens with one attached hydrogen (secondary N) is 1. The molecule has 1 aliphatic rings. The van der Waals surface area contributed by atoms with Gasteiger partial charge in [0.15, 0.2) is 6.61 Å². The van der Waals surface area contributed by atoms with E-state index in [4.69, 9.17) is 4.74 Å². The second-order valence-electron chi connectivity index (χ2n) is 8.25. The van der Waals surface area contributed by atoms with Gasteiger partial charge >= 0.3 is 5.97 Å². The lowest BCUT2D eigenvalue weighted by molar-refractivity contribution is -0.123. The summed E-state index contributed by atoms with van der Waals surface area (Å²) in [5, 5.41) is 2.14. The molecule has 2 atom stereocenters. The number of hydrogen-bond acceptors (Lipinski definition) is 6. The first-order valence-corrected chi connectivity index (χ1v) is 11.7. The minimum Gasteiger partial charge on any atom is -0.452 e. The van der Waals surface area contributed by atoms with Crippen molar-refractivity contribution in [2.75, 3.05) is 19.7 Å². The molecule has 32 heavy (non-hydrogen) atoms. The number of benzene rings is 1. The molecule has 10 heteroatoms. The Kier molecular flexibility index (Phi) is 7.15. The van der Waals surface area contributed by atoms with Gasteiger partial charge in [0.25, 0.3) is 11.8 Å². The minimum absolute atomic E-state index is 0.0984. The molecule has 1 fully saturated rings. The molecule has 9 nitrogen and oxygen atoms in total. The van der Waals surface area contributed by atoms with Crippen molar-refractivity contribution in [3.63, 3.8) is 0 Å². The van der Waals surface area contributed by atoms with E-state index in [0.29, 0.717) is 18.8 Å².